The number of halogens is 1. The minimum atomic E-state index is -0.301. The molecule has 0 aliphatic rings. The molecule has 1 amide bonds. The highest BCUT2D eigenvalue weighted by molar-refractivity contribution is 7.13. The number of rotatable bonds is 6. The first-order valence-corrected chi connectivity index (χ1v) is 12.4. The summed E-state index contributed by atoms with van der Waals surface area (Å²) in [4.78, 5) is 17.8. The Morgan fingerprint density at radius 1 is 1.00 bits per heavy atom. The van der Waals surface area contributed by atoms with Crippen LogP contribution in [0.2, 0.25) is 0 Å². The summed E-state index contributed by atoms with van der Waals surface area (Å²) in [6, 6.07) is 15.2. The molecule has 35 heavy (non-hydrogen) atoms. The maximum atomic E-state index is 13.3. The van der Waals surface area contributed by atoms with E-state index in [0.29, 0.717) is 5.56 Å². The van der Waals surface area contributed by atoms with Crippen LogP contribution in [0, 0.1) is 0 Å². The third-order valence-electron chi connectivity index (χ3n) is 5.68. The van der Waals surface area contributed by atoms with Crippen molar-refractivity contribution in [3.8, 4) is 5.75 Å². The highest BCUT2D eigenvalue weighted by Gasteiger charge is 2.28. The fraction of sp³-hybridized carbons (Fsp3) is 0.357. The molecule has 5 nitrogen and oxygen atoms in total. The molecule has 1 atom stereocenters. The molecule has 188 valence electrons. The van der Waals surface area contributed by atoms with Crippen molar-refractivity contribution >= 4 is 46.7 Å². The number of carbonyl (C=O) groups is 1. The van der Waals surface area contributed by atoms with Gasteiger partial charge in [0.05, 0.1) is 12.4 Å². The van der Waals surface area contributed by atoms with Gasteiger partial charge in [-0.3, -0.25) is 4.79 Å². The Morgan fingerprint density at radius 2 is 1.60 bits per heavy atom. The lowest BCUT2D eigenvalue weighted by Crippen LogP contribution is -2.28. The molecule has 7 heteroatoms. The average Bonchev–Trinajstić information content (AvgIpc) is 3.26. The number of nitrogens with zero attached hydrogens (tertiary/aromatic N) is 1. The predicted octanol–water partition coefficient (Wildman–Crippen LogP) is 7.73. The molecular formula is C28H36ClN3O2S. The number of aromatic hydroxyl groups is 1. The standard InChI is InChI=1S/C28H35N3O2S.ClH/c1-18(20-11-8-9-12-23(20)29-17-30-24-13-10-14-34-24)31-26(33)19-15-21(27(2,3)4)25(32)22(16-19)28(5,6)7;/h8-18,32H,1-7H3,(H,29,30)(H,31,33);1H. The Labute approximate surface area is 219 Å². The lowest BCUT2D eigenvalue weighted by molar-refractivity contribution is 0.0939. The highest BCUT2D eigenvalue weighted by Crippen LogP contribution is 2.40. The van der Waals surface area contributed by atoms with Gasteiger partial charge in [0.1, 0.15) is 10.8 Å². The van der Waals surface area contributed by atoms with Crippen molar-refractivity contribution in [1.29, 1.82) is 0 Å². The van der Waals surface area contributed by atoms with Gasteiger partial charge >= 0.3 is 0 Å². The molecular weight excluding hydrogens is 478 g/mol. The normalized spacial score (nSPS) is 12.8. The van der Waals surface area contributed by atoms with Crippen LogP contribution in [0.15, 0.2) is 58.9 Å². The molecule has 0 fully saturated rings. The second kappa shape index (κ2) is 11.3. The first-order chi connectivity index (χ1) is 15.9. The minimum absolute atomic E-state index is 0. The first kappa shape index (κ1) is 28.4. The van der Waals surface area contributed by atoms with Crippen molar-refractivity contribution < 1.29 is 9.90 Å². The van der Waals surface area contributed by atoms with Gasteiger partial charge in [-0.1, -0.05) is 59.7 Å². The van der Waals surface area contributed by atoms with Crippen LogP contribution in [0.25, 0.3) is 0 Å². The number of anilines is 1. The fourth-order valence-corrected chi connectivity index (χ4v) is 4.35. The molecule has 3 rings (SSSR count). The highest BCUT2D eigenvalue weighted by atomic mass is 35.5. The van der Waals surface area contributed by atoms with E-state index in [1.54, 1.807) is 17.7 Å². The Balaban J connectivity index is 0.00000432. The van der Waals surface area contributed by atoms with E-state index in [2.05, 4.69) is 15.6 Å². The fourth-order valence-electron chi connectivity index (χ4n) is 3.78. The summed E-state index contributed by atoms with van der Waals surface area (Å²) in [5, 5.41) is 20.2. The monoisotopic (exact) mass is 513 g/mol. The number of thiophene rings is 1. The van der Waals surface area contributed by atoms with Crippen LogP contribution >= 0.6 is 23.7 Å². The van der Waals surface area contributed by atoms with Crippen molar-refractivity contribution in [2.75, 3.05) is 5.32 Å². The van der Waals surface area contributed by atoms with Crippen LogP contribution in [0.3, 0.4) is 0 Å². The van der Waals surface area contributed by atoms with Crippen LogP contribution in [0.4, 0.5) is 10.7 Å². The van der Waals surface area contributed by atoms with Crippen molar-refractivity contribution in [1.82, 2.24) is 5.32 Å². The number of aliphatic imine (C=N–C) groups is 1. The summed E-state index contributed by atoms with van der Waals surface area (Å²) in [7, 11) is 0. The molecule has 2 aromatic carbocycles. The zero-order valence-electron chi connectivity index (χ0n) is 21.5. The first-order valence-electron chi connectivity index (χ1n) is 11.5. The van der Waals surface area contributed by atoms with E-state index in [9.17, 15) is 9.90 Å². The summed E-state index contributed by atoms with van der Waals surface area (Å²) >= 11 is 1.57. The van der Waals surface area contributed by atoms with E-state index in [1.807, 2.05) is 102 Å². The number of amides is 1. The molecule has 0 radical (unpaired) electrons. The van der Waals surface area contributed by atoms with Gasteiger partial charge in [-0.15, -0.1) is 23.7 Å². The maximum Gasteiger partial charge on any atom is 0.251 e. The zero-order chi connectivity index (χ0) is 25.1. The van der Waals surface area contributed by atoms with Gasteiger partial charge in [0.25, 0.3) is 5.91 Å². The predicted molar refractivity (Wildman–Crippen MR) is 151 cm³/mol. The third kappa shape index (κ3) is 7.09. The van der Waals surface area contributed by atoms with Crippen LogP contribution < -0.4 is 10.6 Å². The van der Waals surface area contributed by atoms with Crippen LogP contribution in [0.5, 0.6) is 5.75 Å². The Hall–Kier alpha value is -2.83. The number of phenols is 1. The third-order valence-corrected chi connectivity index (χ3v) is 6.46. The smallest absolute Gasteiger partial charge is 0.251 e. The van der Waals surface area contributed by atoms with Crippen molar-refractivity contribution in [2.24, 2.45) is 4.99 Å². The van der Waals surface area contributed by atoms with Gasteiger partial charge in [0, 0.05) is 22.4 Å². The molecule has 0 aliphatic carbocycles. The lowest BCUT2D eigenvalue weighted by atomic mass is 9.78. The number of hydrogen-bond acceptors (Lipinski definition) is 4. The van der Waals surface area contributed by atoms with Gasteiger partial charge in [0.15, 0.2) is 0 Å². The van der Waals surface area contributed by atoms with Gasteiger partial charge in [0.2, 0.25) is 0 Å². The number of nitrogens with one attached hydrogen (secondary N) is 2. The van der Waals surface area contributed by atoms with Gasteiger partial charge in [-0.2, -0.15) is 0 Å². The topological polar surface area (TPSA) is 73.7 Å². The Morgan fingerprint density at radius 3 is 2.14 bits per heavy atom. The molecule has 1 heterocycles. The summed E-state index contributed by atoms with van der Waals surface area (Å²) in [5.74, 6) is 0.0923. The Kier molecular flexibility index (Phi) is 9.15. The van der Waals surface area contributed by atoms with E-state index in [4.69, 9.17) is 0 Å². The molecule has 0 saturated carbocycles. The van der Waals surface area contributed by atoms with Crippen LogP contribution in [0.1, 0.15) is 81.6 Å². The lowest BCUT2D eigenvalue weighted by Gasteiger charge is -2.28. The number of para-hydroxylation sites is 1. The largest absolute Gasteiger partial charge is 0.507 e. The van der Waals surface area contributed by atoms with E-state index in [-0.39, 0.29) is 40.9 Å². The van der Waals surface area contributed by atoms with Crippen LogP contribution in [-0.4, -0.2) is 17.4 Å². The molecule has 0 aliphatic heterocycles. The molecule has 3 N–H and O–H groups in total. The van der Waals surface area contributed by atoms with Gasteiger partial charge in [-0.25, -0.2) is 4.99 Å². The summed E-state index contributed by atoms with van der Waals surface area (Å²) in [6.45, 7) is 14.2. The molecule has 0 bridgehead atoms. The van der Waals surface area contributed by atoms with Crippen molar-refractivity contribution in [2.45, 2.75) is 65.3 Å². The number of phenolic OH excluding ortho intramolecular Hbond substituents is 1. The minimum Gasteiger partial charge on any atom is -0.507 e. The van der Waals surface area contributed by atoms with Gasteiger partial charge in [-0.05, 0) is 59.0 Å². The summed E-state index contributed by atoms with van der Waals surface area (Å²) < 4.78 is 0. The quantitative estimate of drug-likeness (QED) is 0.233. The molecule has 0 spiro atoms. The number of hydrogen-bond donors (Lipinski definition) is 3. The summed E-state index contributed by atoms with van der Waals surface area (Å²) in [5.41, 5.74) is 3.32. The van der Waals surface area contributed by atoms with E-state index in [0.717, 1.165) is 27.4 Å². The number of benzene rings is 2. The zero-order valence-corrected chi connectivity index (χ0v) is 23.1. The van der Waals surface area contributed by atoms with Crippen molar-refractivity contribution in [3.63, 3.8) is 0 Å². The Bertz CT molecular complexity index is 1140. The van der Waals surface area contributed by atoms with Crippen LogP contribution in [-0.2, 0) is 10.8 Å². The van der Waals surface area contributed by atoms with Crippen molar-refractivity contribution in [3.05, 3.63) is 76.2 Å². The maximum absolute atomic E-state index is 13.3. The number of carbonyl (C=O) groups excluding carboxylic acids is 1. The molecule has 3 aromatic rings. The van der Waals surface area contributed by atoms with E-state index >= 15 is 0 Å². The molecule has 1 unspecified atom stereocenters. The van der Waals surface area contributed by atoms with E-state index in [1.165, 1.54) is 0 Å². The van der Waals surface area contributed by atoms with Gasteiger partial charge < -0.3 is 15.7 Å². The second-order valence-electron chi connectivity index (χ2n) is 10.6. The molecule has 0 saturated heterocycles. The SMILES string of the molecule is CC(NC(=O)c1cc(C(C)(C)C)c(O)c(C(C)(C)C)c1)c1ccccc1N/C=N/c1cccs1.Cl. The molecule has 1 aromatic heterocycles. The average molecular weight is 514 g/mol. The second-order valence-corrected chi connectivity index (χ2v) is 11.5. The van der Waals surface area contributed by atoms with E-state index < -0.39 is 0 Å². The summed E-state index contributed by atoms with van der Waals surface area (Å²) in [6.07, 6.45) is 1.67.